The molecule has 158 valence electrons. The van der Waals surface area contributed by atoms with Gasteiger partial charge < -0.3 is 5.32 Å². The van der Waals surface area contributed by atoms with Gasteiger partial charge in [0, 0.05) is 12.1 Å². The second-order valence-electron chi connectivity index (χ2n) is 6.26. The molecule has 0 aromatic heterocycles. The Morgan fingerprint density at radius 2 is 1.69 bits per heavy atom. The number of aromatic hydroxyl groups is 1. The minimum atomic E-state index is -4.98. The van der Waals surface area contributed by atoms with Crippen molar-refractivity contribution in [2.75, 3.05) is 11.9 Å². The van der Waals surface area contributed by atoms with E-state index in [-0.39, 0.29) is 21.7 Å². The van der Waals surface area contributed by atoms with Crippen LogP contribution in [0.15, 0.2) is 48.5 Å². The molecule has 0 aliphatic heterocycles. The van der Waals surface area contributed by atoms with Crippen LogP contribution in [-0.4, -0.2) is 45.8 Å². The number of amides is 2. The molecule has 0 radical (unpaired) electrons. The van der Waals surface area contributed by atoms with Crippen molar-refractivity contribution in [1.29, 1.82) is 0 Å². The van der Waals surface area contributed by atoms with Crippen molar-refractivity contribution in [3.63, 3.8) is 0 Å². The van der Waals surface area contributed by atoms with Crippen molar-refractivity contribution in [3.05, 3.63) is 54.1 Å². The number of rotatable bonds is 7. The second-order valence-corrected chi connectivity index (χ2v) is 9.62. The van der Waals surface area contributed by atoms with E-state index in [9.17, 15) is 18.4 Å². The number of hydrogen-bond acceptors (Lipinski definition) is 4. The zero-order valence-electron chi connectivity index (χ0n) is 16.5. The van der Waals surface area contributed by atoms with Gasteiger partial charge in [-0.2, -0.15) is 0 Å². The third-order valence-corrected chi connectivity index (χ3v) is 5.72. The van der Waals surface area contributed by atoms with Crippen LogP contribution in [0.1, 0.15) is 43.5 Å². The fraction of sp³-hybridized carbons (Fsp3) is 0.300. The Bertz CT molecular complexity index is 851. The zero-order chi connectivity index (χ0) is 21.9. The van der Waals surface area contributed by atoms with Gasteiger partial charge in [0.05, 0.1) is 0 Å². The van der Waals surface area contributed by atoms with E-state index in [0.717, 1.165) is 36.7 Å². The van der Waals surface area contributed by atoms with Crippen LogP contribution in [0.25, 0.3) is 0 Å². The number of unbranched alkanes of at least 4 members (excludes halogenated alkanes) is 2. The Hall–Kier alpha value is -2.54. The predicted octanol–water partition coefficient (Wildman–Crippen LogP) is 1.52. The molecule has 9 heteroatoms. The molecule has 8 nitrogen and oxygen atoms in total. The van der Waals surface area contributed by atoms with E-state index in [1.165, 1.54) is 19.8 Å². The van der Waals surface area contributed by atoms with E-state index in [2.05, 4.69) is 17.6 Å². The molecule has 0 spiro atoms. The molecule has 5 N–H and O–H groups in total. The largest absolute Gasteiger partial charge is 0.352 e. The summed E-state index contributed by atoms with van der Waals surface area (Å²) in [5.74, 6) is -0.639. The van der Waals surface area contributed by atoms with Crippen molar-refractivity contribution in [2.45, 2.75) is 33.1 Å². The third kappa shape index (κ3) is 9.47. The number of phenolic OH excluding ortho intramolecular Hbond substituents is 1. The maximum absolute atomic E-state index is 11.5. The van der Waals surface area contributed by atoms with E-state index in [0.29, 0.717) is 0 Å². The third-order valence-electron chi connectivity index (χ3n) is 3.73. The minimum Gasteiger partial charge on any atom is -0.352 e. The van der Waals surface area contributed by atoms with Gasteiger partial charge >= 0.3 is 88.1 Å². The monoisotopic (exact) mass is 466 g/mol. The molecule has 0 saturated heterocycles. The second kappa shape index (κ2) is 12.1. The number of carbonyl (C=O) groups is 2. The molecule has 2 aromatic rings. The van der Waals surface area contributed by atoms with Gasteiger partial charge in [-0.25, -0.2) is 0 Å². The first kappa shape index (κ1) is 24.5. The van der Waals surface area contributed by atoms with Crippen molar-refractivity contribution >= 4 is 36.0 Å². The van der Waals surface area contributed by atoms with Gasteiger partial charge in [-0.3, -0.25) is 4.79 Å². The van der Waals surface area contributed by atoms with Crippen LogP contribution in [0, 0.1) is 0 Å². The fourth-order valence-corrected chi connectivity index (χ4v) is 3.45. The molecule has 0 heterocycles. The van der Waals surface area contributed by atoms with Gasteiger partial charge in [-0.1, -0.05) is 38.0 Å². The molecule has 0 saturated carbocycles. The molecule has 2 rings (SSSR count). The predicted molar refractivity (Wildman–Crippen MR) is 111 cm³/mol. The minimum absolute atomic E-state index is 0.00951. The Morgan fingerprint density at radius 1 is 1.03 bits per heavy atom. The normalized spacial score (nSPS) is 10.5. The quantitative estimate of drug-likeness (QED) is 0.239. The number of anilines is 1. The van der Waals surface area contributed by atoms with Gasteiger partial charge in [0.25, 0.3) is 5.91 Å². The van der Waals surface area contributed by atoms with Crippen molar-refractivity contribution in [1.82, 2.24) is 5.32 Å². The van der Waals surface area contributed by atoms with Crippen LogP contribution in [0.3, 0.4) is 0 Å². The van der Waals surface area contributed by atoms with Gasteiger partial charge in [-0.05, 0) is 18.6 Å². The Morgan fingerprint density at radius 3 is 2.24 bits per heavy atom. The summed E-state index contributed by atoms with van der Waals surface area (Å²) in [5.41, 5.74) is 0.730. The smallest absolute Gasteiger partial charge is 0.251 e. The summed E-state index contributed by atoms with van der Waals surface area (Å²) in [5, 5.41) is 14.4. The average Bonchev–Trinajstić information content (AvgIpc) is 2.67. The first-order chi connectivity index (χ1) is 13.6. The molecule has 0 fully saturated rings. The summed E-state index contributed by atoms with van der Waals surface area (Å²) in [6.45, 7) is 4.16. The van der Waals surface area contributed by atoms with Crippen LogP contribution >= 0.6 is 0 Å². The molecule has 2 amide bonds. The Labute approximate surface area is 173 Å². The maximum atomic E-state index is 11.5. The van der Waals surface area contributed by atoms with Gasteiger partial charge in [-0.15, -0.1) is 0 Å². The number of phenols is 1. The molecule has 2 aromatic carbocycles. The van der Waals surface area contributed by atoms with Crippen molar-refractivity contribution in [2.24, 2.45) is 0 Å². The topological polar surface area (TPSA) is 136 Å². The maximum Gasteiger partial charge on any atom is 0.251 e. The summed E-state index contributed by atoms with van der Waals surface area (Å²) in [4.78, 5) is 22.2. The molecule has 0 aliphatic rings. The van der Waals surface area contributed by atoms with E-state index in [4.69, 9.17) is 8.19 Å². The molecule has 0 atom stereocenters. The van der Waals surface area contributed by atoms with Gasteiger partial charge in [0.15, 0.2) is 0 Å². The first-order valence-corrected chi connectivity index (χ1v) is 12.5. The standard InChI is InChI=1S/C12H17NO.C8H10AsNO5/c1-2-3-7-10-13-12(14)11-8-5-4-6-9-11;1-5(11)10-7-4-6(9(13,14)15)2-3-8(7)12/h4-6,8-9H,2-3,7,10H2,1H3,(H,13,14);2-4,12H,1H3,(H,10,11)(H2,13,14,15). The summed E-state index contributed by atoms with van der Waals surface area (Å²) in [7, 11) is 0. The van der Waals surface area contributed by atoms with Crippen LogP contribution in [0.2, 0.25) is 0 Å². The molecule has 0 unspecified atom stereocenters. The van der Waals surface area contributed by atoms with Crippen LogP contribution in [0.5, 0.6) is 5.75 Å². The van der Waals surface area contributed by atoms with Crippen LogP contribution in [-0.2, 0) is 8.53 Å². The summed E-state index contributed by atoms with van der Waals surface area (Å²) in [6, 6.07) is 12.6. The molecular formula is C20H27AsN2O6. The molecule has 0 bridgehead atoms. The van der Waals surface area contributed by atoms with Crippen molar-refractivity contribution < 1.29 is 26.6 Å². The Balaban J connectivity index is 0.000000291. The summed E-state index contributed by atoms with van der Waals surface area (Å²) in [6.07, 6.45) is 3.42. The van der Waals surface area contributed by atoms with E-state index in [1.807, 2.05) is 30.3 Å². The number of hydrogen-bond donors (Lipinski definition) is 5. The van der Waals surface area contributed by atoms with Gasteiger partial charge in [0.1, 0.15) is 0 Å². The molecular weight excluding hydrogens is 439 g/mol. The van der Waals surface area contributed by atoms with Crippen molar-refractivity contribution in [3.8, 4) is 5.75 Å². The fourth-order valence-electron chi connectivity index (χ4n) is 2.26. The summed E-state index contributed by atoms with van der Waals surface area (Å²) >= 11 is -4.98. The zero-order valence-corrected chi connectivity index (χ0v) is 18.3. The van der Waals surface area contributed by atoms with Crippen LogP contribution < -0.4 is 15.0 Å². The first-order valence-electron chi connectivity index (χ1n) is 9.15. The molecule has 0 aliphatic carbocycles. The average molecular weight is 466 g/mol. The number of nitrogens with one attached hydrogen (secondary N) is 2. The Kier molecular flexibility index (Phi) is 10.2. The van der Waals surface area contributed by atoms with Crippen LogP contribution in [0.4, 0.5) is 5.69 Å². The SMILES string of the molecule is CC(=O)Nc1cc([As](=O)(O)O)ccc1O.CCCCCNC(=O)c1ccccc1. The van der Waals surface area contributed by atoms with E-state index >= 15 is 0 Å². The number of benzene rings is 2. The van der Waals surface area contributed by atoms with E-state index < -0.39 is 20.1 Å². The molecule has 29 heavy (non-hydrogen) atoms. The number of carbonyl (C=O) groups excluding carboxylic acids is 2. The van der Waals surface area contributed by atoms with E-state index in [1.54, 1.807) is 0 Å². The summed E-state index contributed by atoms with van der Waals surface area (Å²) < 4.78 is 28.6. The van der Waals surface area contributed by atoms with Gasteiger partial charge in [0.2, 0.25) is 0 Å².